The van der Waals surface area contributed by atoms with E-state index >= 15 is 0 Å². The molecule has 0 aliphatic carbocycles. The topological polar surface area (TPSA) is 98.5 Å². The van der Waals surface area contributed by atoms with E-state index in [-0.39, 0.29) is 5.70 Å². The van der Waals surface area contributed by atoms with Crippen molar-refractivity contribution in [2.24, 2.45) is 0 Å². The highest BCUT2D eigenvalue weighted by molar-refractivity contribution is 5.63. The van der Waals surface area contributed by atoms with Gasteiger partial charge in [0.1, 0.15) is 29.8 Å². The molecule has 2 saturated heterocycles. The first-order chi connectivity index (χ1) is 13.6. The average Bonchev–Trinajstić information content (AvgIpc) is 3.18. The standard InChI is InChI=1S/C20H25NO8/c1-19(2)25-10-15(27-19)17-18(29-20(3,4)28-17)16-13(21(22)23)9-11-8-12(24-5)6-7-14(11)26-16/h6-9,15-18H,10H2,1-5H3/t15-,16+,17-,18+/m0/s1. The van der Waals surface area contributed by atoms with Gasteiger partial charge < -0.3 is 28.4 Å². The van der Waals surface area contributed by atoms with Gasteiger partial charge in [-0.15, -0.1) is 0 Å². The Morgan fingerprint density at radius 3 is 2.45 bits per heavy atom. The van der Waals surface area contributed by atoms with E-state index in [1.165, 1.54) is 13.2 Å². The molecule has 4 atom stereocenters. The molecule has 0 saturated carbocycles. The van der Waals surface area contributed by atoms with Gasteiger partial charge >= 0.3 is 0 Å². The molecule has 2 fully saturated rings. The highest BCUT2D eigenvalue weighted by Crippen LogP contribution is 2.42. The van der Waals surface area contributed by atoms with Crippen LogP contribution in [0.3, 0.4) is 0 Å². The Morgan fingerprint density at radius 1 is 1.10 bits per heavy atom. The minimum Gasteiger partial charge on any atom is -0.497 e. The van der Waals surface area contributed by atoms with Crippen molar-refractivity contribution in [3.8, 4) is 11.5 Å². The Balaban J connectivity index is 1.68. The number of hydrogen-bond donors (Lipinski definition) is 0. The lowest BCUT2D eigenvalue weighted by Crippen LogP contribution is -2.48. The number of nitro groups is 1. The highest BCUT2D eigenvalue weighted by atomic mass is 16.8. The Morgan fingerprint density at radius 2 is 1.83 bits per heavy atom. The van der Waals surface area contributed by atoms with Crippen molar-refractivity contribution in [3.63, 3.8) is 0 Å². The highest BCUT2D eigenvalue weighted by Gasteiger charge is 2.56. The van der Waals surface area contributed by atoms with Crippen molar-refractivity contribution in [3.05, 3.63) is 39.6 Å². The lowest BCUT2D eigenvalue weighted by atomic mass is 9.97. The predicted molar refractivity (Wildman–Crippen MR) is 101 cm³/mol. The summed E-state index contributed by atoms with van der Waals surface area (Å²) in [7, 11) is 1.54. The number of rotatable bonds is 4. The van der Waals surface area contributed by atoms with E-state index in [0.717, 1.165) is 0 Å². The van der Waals surface area contributed by atoms with Crippen LogP contribution in [-0.2, 0) is 18.9 Å². The van der Waals surface area contributed by atoms with Crippen LogP contribution in [0.4, 0.5) is 0 Å². The first kappa shape index (κ1) is 20.1. The van der Waals surface area contributed by atoms with E-state index in [9.17, 15) is 10.1 Å². The van der Waals surface area contributed by atoms with Crippen molar-refractivity contribution in [1.82, 2.24) is 0 Å². The molecule has 0 aromatic heterocycles. The molecule has 3 aliphatic rings. The minimum atomic E-state index is -0.968. The normalized spacial score (nSPS) is 32.2. The molecule has 0 radical (unpaired) electrons. The lowest BCUT2D eigenvalue weighted by molar-refractivity contribution is -0.436. The monoisotopic (exact) mass is 407 g/mol. The van der Waals surface area contributed by atoms with Crippen LogP contribution in [0.2, 0.25) is 0 Å². The van der Waals surface area contributed by atoms with Gasteiger partial charge in [-0.25, -0.2) is 0 Å². The molecule has 0 N–H and O–H groups in total. The fourth-order valence-electron chi connectivity index (χ4n) is 3.92. The maximum Gasteiger partial charge on any atom is 0.290 e. The molecule has 158 valence electrons. The zero-order valence-electron chi connectivity index (χ0n) is 17.0. The van der Waals surface area contributed by atoms with Gasteiger partial charge in [-0.1, -0.05) is 0 Å². The number of fused-ring (bicyclic) bond motifs is 1. The molecule has 1 aromatic rings. The van der Waals surface area contributed by atoms with Crippen molar-refractivity contribution in [2.75, 3.05) is 13.7 Å². The van der Waals surface area contributed by atoms with Gasteiger partial charge in [-0.05, 0) is 45.9 Å². The molecule has 3 heterocycles. The van der Waals surface area contributed by atoms with Crippen molar-refractivity contribution in [1.29, 1.82) is 0 Å². The van der Waals surface area contributed by atoms with Crippen LogP contribution in [0.1, 0.15) is 33.3 Å². The molecular formula is C20H25NO8. The number of nitrogens with zero attached hydrogens (tertiary/aromatic N) is 1. The summed E-state index contributed by atoms with van der Waals surface area (Å²) in [6.45, 7) is 7.44. The summed E-state index contributed by atoms with van der Waals surface area (Å²) in [6.07, 6.45) is -1.26. The van der Waals surface area contributed by atoms with Gasteiger partial charge in [0.25, 0.3) is 5.70 Å². The summed E-state index contributed by atoms with van der Waals surface area (Å²) in [6, 6.07) is 5.16. The largest absolute Gasteiger partial charge is 0.497 e. The van der Waals surface area contributed by atoms with Gasteiger partial charge in [0, 0.05) is 11.6 Å². The SMILES string of the molecule is COc1ccc2c(c1)C=C([N+](=O)[O-])[C@H]([C@H]1OC(C)(C)O[C@H]1[C@@H]1COC(C)(C)O1)O2. The number of ether oxygens (including phenoxy) is 6. The van der Waals surface area contributed by atoms with Crippen LogP contribution in [-0.4, -0.2) is 54.6 Å². The van der Waals surface area contributed by atoms with E-state index in [2.05, 4.69) is 0 Å². The smallest absolute Gasteiger partial charge is 0.290 e. The second-order valence-electron chi connectivity index (χ2n) is 8.20. The van der Waals surface area contributed by atoms with Crippen molar-refractivity contribution >= 4 is 6.08 Å². The zero-order chi connectivity index (χ0) is 21.0. The minimum absolute atomic E-state index is 0.111. The molecule has 9 nitrogen and oxygen atoms in total. The van der Waals surface area contributed by atoms with Gasteiger partial charge in [-0.2, -0.15) is 0 Å². The van der Waals surface area contributed by atoms with Gasteiger partial charge in [0.05, 0.1) is 18.6 Å². The summed E-state index contributed by atoms with van der Waals surface area (Å²) in [4.78, 5) is 11.4. The first-order valence-electron chi connectivity index (χ1n) is 9.47. The lowest BCUT2D eigenvalue weighted by Gasteiger charge is -2.30. The molecule has 0 amide bonds. The van der Waals surface area contributed by atoms with Crippen LogP contribution in [0.5, 0.6) is 11.5 Å². The molecule has 3 aliphatic heterocycles. The van der Waals surface area contributed by atoms with Gasteiger partial charge in [0.15, 0.2) is 11.6 Å². The Bertz CT molecular complexity index is 849. The van der Waals surface area contributed by atoms with Gasteiger partial charge in [-0.3, -0.25) is 10.1 Å². The Hall–Kier alpha value is -2.20. The number of hydrogen-bond acceptors (Lipinski definition) is 8. The quantitative estimate of drug-likeness (QED) is 0.555. The van der Waals surface area contributed by atoms with E-state index in [4.69, 9.17) is 28.4 Å². The fourth-order valence-corrected chi connectivity index (χ4v) is 3.92. The Labute approximate surface area is 168 Å². The molecule has 4 rings (SSSR count). The number of methoxy groups -OCH3 is 1. The molecule has 1 aromatic carbocycles. The van der Waals surface area contributed by atoms with E-state index in [1.54, 1.807) is 32.0 Å². The molecule has 29 heavy (non-hydrogen) atoms. The van der Waals surface area contributed by atoms with Crippen LogP contribution in [0.25, 0.3) is 6.08 Å². The Kier molecular flexibility index (Phi) is 4.81. The molecule has 0 unspecified atom stereocenters. The molecular weight excluding hydrogens is 382 g/mol. The van der Waals surface area contributed by atoms with Crippen LogP contribution in [0.15, 0.2) is 23.9 Å². The third kappa shape index (κ3) is 3.83. The summed E-state index contributed by atoms with van der Waals surface area (Å²) in [5, 5.41) is 11.9. The van der Waals surface area contributed by atoms with E-state index in [1.807, 2.05) is 13.8 Å². The third-order valence-electron chi connectivity index (χ3n) is 5.14. The second kappa shape index (κ2) is 6.94. The molecule has 9 heteroatoms. The maximum absolute atomic E-state index is 11.9. The van der Waals surface area contributed by atoms with Crippen LogP contribution < -0.4 is 9.47 Å². The predicted octanol–water partition coefficient (Wildman–Crippen LogP) is 2.75. The summed E-state index contributed by atoms with van der Waals surface area (Å²) in [5.74, 6) is -0.610. The first-order valence-corrected chi connectivity index (χ1v) is 9.47. The zero-order valence-corrected chi connectivity index (χ0v) is 17.0. The van der Waals surface area contributed by atoms with Crippen molar-refractivity contribution in [2.45, 2.75) is 63.7 Å². The van der Waals surface area contributed by atoms with Gasteiger partial charge in [0.2, 0.25) is 6.10 Å². The fraction of sp³-hybridized carbons (Fsp3) is 0.600. The second-order valence-corrected chi connectivity index (χ2v) is 8.20. The third-order valence-corrected chi connectivity index (χ3v) is 5.14. The van der Waals surface area contributed by atoms with Crippen LogP contribution in [0, 0.1) is 10.1 Å². The average molecular weight is 407 g/mol. The maximum atomic E-state index is 11.9. The molecule has 0 spiro atoms. The summed E-state index contributed by atoms with van der Waals surface area (Å²) in [5.41, 5.74) is 0.462. The van der Waals surface area contributed by atoms with Crippen molar-refractivity contribution < 1.29 is 33.3 Å². The summed E-state index contributed by atoms with van der Waals surface area (Å²) >= 11 is 0. The van der Waals surface area contributed by atoms with E-state index < -0.39 is 40.9 Å². The molecule has 0 bridgehead atoms. The summed E-state index contributed by atoms with van der Waals surface area (Å²) < 4.78 is 35.0. The number of benzene rings is 1. The van der Waals surface area contributed by atoms with Crippen LogP contribution >= 0.6 is 0 Å². The van der Waals surface area contributed by atoms with E-state index in [0.29, 0.717) is 23.7 Å².